The van der Waals surface area contributed by atoms with Crippen molar-refractivity contribution in [1.29, 1.82) is 0 Å². The second-order valence-electron chi connectivity index (χ2n) is 3.92. The molecule has 0 aliphatic carbocycles. The van der Waals surface area contributed by atoms with Gasteiger partial charge in [-0.2, -0.15) is 0 Å². The summed E-state index contributed by atoms with van der Waals surface area (Å²) in [6.07, 6.45) is 1.81. The van der Waals surface area contributed by atoms with Crippen LogP contribution in [0.3, 0.4) is 0 Å². The Morgan fingerprint density at radius 3 is 3.00 bits per heavy atom. The number of rotatable bonds is 2. The van der Waals surface area contributed by atoms with Gasteiger partial charge in [0.1, 0.15) is 0 Å². The monoisotopic (exact) mass is 273 g/mol. The lowest BCUT2D eigenvalue weighted by molar-refractivity contribution is 0.419. The zero-order valence-corrected chi connectivity index (χ0v) is 9.85. The van der Waals surface area contributed by atoms with Gasteiger partial charge < -0.3 is 10.4 Å². The van der Waals surface area contributed by atoms with Crippen LogP contribution in [-0.4, -0.2) is 18.2 Å². The van der Waals surface area contributed by atoms with E-state index in [2.05, 4.69) is 21.2 Å². The van der Waals surface area contributed by atoms with Crippen molar-refractivity contribution in [3.63, 3.8) is 0 Å². The first-order valence-electron chi connectivity index (χ1n) is 5.05. The maximum absolute atomic E-state index is 13.1. The number of hydrogen-bond acceptors (Lipinski definition) is 2. The average Bonchev–Trinajstić information content (AvgIpc) is 2.71. The molecular weight excluding hydrogens is 261 g/mol. The van der Waals surface area contributed by atoms with Crippen LogP contribution in [0.2, 0.25) is 0 Å². The molecule has 15 heavy (non-hydrogen) atoms. The summed E-state index contributed by atoms with van der Waals surface area (Å²) in [6, 6.07) is 2.92. The Bertz CT molecular complexity index is 364. The van der Waals surface area contributed by atoms with Crippen molar-refractivity contribution >= 4 is 15.9 Å². The third-order valence-electron chi connectivity index (χ3n) is 2.83. The number of benzene rings is 1. The first kappa shape index (κ1) is 10.9. The molecule has 0 aromatic heterocycles. The van der Waals surface area contributed by atoms with Gasteiger partial charge in [0.15, 0.2) is 11.6 Å². The molecule has 0 amide bonds. The molecule has 1 atom stereocenters. The highest BCUT2D eigenvalue weighted by Gasteiger charge is 2.19. The summed E-state index contributed by atoms with van der Waals surface area (Å²) in [5.74, 6) is -0.260. The summed E-state index contributed by atoms with van der Waals surface area (Å²) in [5, 5.41) is 12.9. The molecule has 0 radical (unpaired) electrons. The number of aromatic hydroxyl groups is 1. The van der Waals surface area contributed by atoms with E-state index in [9.17, 15) is 9.50 Å². The van der Waals surface area contributed by atoms with Crippen LogP contribution in [-0.2, 0) is 6.42 Å². The van der Waals surface area contributed by atoms with Crippen LogP contribution >= 0.6 is 15.9 Å². The molecule has 0 saturated carbocycles. The summed E-state index contributed by atoms with van der Waals surface area (Å²) >= 11 is 3.34. The van der Waals surface area contributed by atoms with Crippen molar-refractivity contribution in [3.8, 4) is 5.75 Å². The molecular formula is C11H13BrFNO. The Kier molecular flexibility index (Phi) is 3.26. The normalized spacial score (nSPS) is 20.8. The van der Waals surface area contributed by atoms with Crippen LogP contribution in [0.1, 0.15) is 12.0 Å². The van der Waals surface area contributed by atoms with Crippen molar-refractivity contribution in [3.05, 3.63) is 28.0 Å². The average molecular weight is 274 g/mol. The lowest BCUT2D eigenvalue weighted by Crippen LogP contribution is -2.11. The van der Waals surface area contributed by atoms with Gasteiger partial charge in [0, 0.05) is 10.0 Å². The van der Waals surface area contributed by atoms with Crippen molar-refractivity contribution in [1.82, 2.24) is 5.32 Å². The number of phenolic OH excluding ortho intramolecular Hbond substituents is 1. The summed E-state index contributed by atoms with van der Waals surface area (Å²) in [7, 11) is 0. The third-order valence-corrected chi connectivity index (χ3v) is 3.57. The van der Waals surface area contributed by atoms with Crippen LogP contribution in [0.15, 0.2) is 16.6 Å². The van der Waals surface area contributed by atoms with Gasteiger partial charge in [-0.3, -0.25) is 0 Å². The van der Waals surface area contributed by atoms with E-state index in [0.29, 0.717) is 11.5 Å². The summed E-state index contributed by atoms with van der Waals surface area (Å²) in [4.78, 5) is 0. The molecule has 1 unspecified atom stereocenters. The SMILES string of the molecule is Oc1c(F)ccc(Br)c1CC1CCNC1. The lowest BCUT2D eigenvalue weighted by atomic mass is 9.98. The maximum Gasteiger partial charge on any atom is 0.165 e. The molecule has 1 fully saturated rings. The van der Waals surface area contributed by atoms with E-state index in [4.69, 9.17) is 0 Å². The highest BCUT2D eigenvalue weighted by atomic mass is 79.9. The summed E-state index contributed by atoms with van der Waals surface area (Å²) in [6.45, 7) is 1.96. The smallest absolute Gasteiger partial charge is 0.165 e. The molecule has 1 aromatic carbocycles. The fraction of sp³-hybridized carbons (Fsp3) is 0.455. The van der Waals surface area contributed by atoms with Gasteiger partial charge >= 0.3 is 0 Å². The highest BCUT2D eigenvalue weighted by Crippen LogP contribution is 2.31. The van der Waals surface area contributed by atoms with Crippen LogP contribution < -0.4 is 5.32 Å². The minimum absolute atomic E-state index is 0.212. The molecule has 1 heterocycles. The van der Waals surface area contributed by atoms with Gasteiger partial charge in [0.05, 0.1) is 0 Å². The van der Waals surface area contributed by atoms with Crippen LogP contribution in [0, 0.1) is 11.7 Å². The van der Waals surface area contributed by atoms with E-state index in [1.54, 1.807) is 6.07 Å². The largest absolute Gasteiger partial charge is 0.505 e. The number of halogens is 2. The molecule has 0 spiro atoms. The quantitative estimate of drug-likeness (QED) is 0.868. The highest BCUT2D eigenvalue weighted by molar-refractivity contribution is 9.10. The summed E-state index contributed by atoms with van der Waals surface area (Å²) < 4.78 is 13.9. The zero-order chi connectivity index (χ0) is 10.8. The van der Waals surface area contributed by atoms with E-state index in [1.807, 2.05) is 0 Å². The minimum Gasteiger partial charge on any atom is -0.505 e. The lowest BCUT2D eigenvalue weighted by Gasteiger charge is -2.12. The van der Waals surface area contributed by atoms with Gasteiger partial charge in [0.2, 0.25) is 0 Å². The van der Waals surface area contributed by atoms with E-state index in [0.717, 1.165) is 30.4 Å². The molecule has 0 bridgehead atoms. The Morgan fingerprint density at radius 2 is 2.33 bits per heavy atom. The second-order valence-corrected chi connectivity index (χ2v) is 4.77. The Morgan fingerprint density at radius 1 is 1.53 bits per heavy atom. The molecule has 1 aliphatic heterocycles. The fourth-order valence-corrected chi connectivity index (χ4v) is 2.44. The Hall–Kier alpha value is -0.610. The van der Waals surface area contributed by atoms with Crippen molar-refractivity contribution < 1.29 is 9.50 Å². The molecule has 1 aromatic rings. The molecule has 2 rings (SSSR count). The van der Waals surface area contributed by atoms with Gasteiger partial charge in [-0.15, -0.1) is 0 Å². The maximum atomic E-state index is 13.1. The van der Waals surface area contributed by atoms with Gasteiger partial charge in [-0.05, 0) is 44.0 Å². The molecule has 2 N–H and O–H groups in total. The van der Waals surface area contributed by atoms with Crippen molar-refractivity contribution in [2.24, 2.45) is 5.92 Å². The second kappa shape index (κ2) is 4.49. The van der Waals surface area contributed by atoms with Crippen LogP contribution in [0.4, 0.5) is 4.39 Å². The number of phenols is 1. The minimum atomic E-state index is -0.542. The van der Waals surface area contributed by atoms with Gasteiger partial charge in [0.25, 0.3) is 0 Å². The molecule has 4 heteroatoms. The Labute approximate surface area is 96.6 Å². The predicted molar refractivity (Wildman–Crippen MR) is 60.4 cm³/mol. The zero-order valence-electron chi connectivity index (χ0n) is 8.26. The molecule has 82 valence electrons. The summed E-state index contributed by atoms with van der Waals surface area (Å²) in [5.41, 5.74) is 0.684. The molecule has 1 saturated heterocycles. The van der Waals surface area contributed by atoms with Crippen molar-refractivity contribution in [2.45, 2.75) is 12.8 Å². The van der Waals surface area contributed by atoms with E-state index < -0.39 is 5.82 Å². The first-order chi connectivity index (χ1) is 7.18. The van der Waals surface area contributed by atoms with Crippen LogP contribution in [0.5, 0.6) is 5.75 Å². The van der Waals surface area contributed by atoms with E-state index in [1.165, 1.54) is 6.07 Å². The molecule has 2 nitrogen and oxygen atoms in total. The Balaban J connectivity index is 2.22. The van der Waals surface area contributed by atoms with E-state index >= 15 is 0 Å². The number of hydrogen-bond donors (Lipinski definition) is 2. The number of nitrogens with one attached hydrogen (secondary N) is 1. The topological polar surface area (TPSA) is 32.3 Å². The standard InChI is InChI=1S/C11H13BrFNO/c12-9-1-2-10(13)11(15)8(9)5-7-3-4-14-6-7/h1-2,7,14-15H,3-6H2. The van der Waals surface area contributed by atoms with E-state index in [-0.39, 0.29) is 5.75 Å². The fourth-order valence-electron chi connectivity index (χ4n) is 1.95. The third kappa shape index (κ3) is 2.32. The molecule has 1 aliphatic rings. The van der Waals surface area contributed by atoms with Gasteiger partial charge in [-0.1, -0.05) is 15.9 Å². The van der Waals surface area contributed by atoms with Crippen molar-refractivity contribution in [2.75, 3.05) is 13.1 Å². The predicted octanol–water partition coefficient (Wildman–Crippen LogP) is 2.45. The van der Waals surface area contributed by atoms with Crippen LogP contribution in [0.25, 0.3) is 0 Å². The first-order valence-corrected chi connectivity index (χ1v) is 5.84. The van der Waals surface area contributed by atoms with Gasteiger partial charge in [-0.25, -0.2) is 4.39 Å².